The van der Waals surface area contributed by atoms with Crippen LogP contribution in [0.4, 0.5) is 0 Å². The third kappa shape index (κ3) is 4.44. The number of nitrogens with one attached hydrogen (secondary N) is 1. The van der Waals surface area contributed by atoms with E-state index in [2.05, 4.69) is 9.71 Å². The maximum absolute atomic E-state index is 12.4. The molecule has 2 heterocycles. The molecule has 0 fully saturated rings. The largest absolute Gasteiger partial charge is 0.497 e. The molecule has 0 saturated carbocycles. The molecule has 3 rings (SSSR count). The van der Waals surface area contributed by atoms with Crippen molar-refractivity contribution in [3.8, 4) is 11.5 Å². The number of benzene rings is 1. The second kappa shape index (κ2) is 7.51. The third-order valence-corrected chi connectivity index (χ3v) is 5.40. The highest BCUT2D eigenvalue weighted by atomic mass is 35.5. The summed E-state index contributed by atoms with van der Waals surface area (Å²) in [5.74, 6) is -0.235. The van der Waals surface area contributed by atoms with Crippen molar-refractivity contribution in [2.75, 3.05) is 13.7 Å². The van der Waals surface area contributed by atoms with Gasteiger partial charge in [-0.15, -0.1) is 0 Å². The van der Waals surface area contributed by atoms with E-state index in [1.165, 1.54) is 12.3 Å². The Hall–Kier alpha value is -2.32. The molecular weight excluding hydrogens is 380 g/mol. The number of hydrogen-bond acceptors (Lipinski definition) is 6. The number of fused-ring (bicyclic) bond motifs is 1. The Bertz CT molecular complexity index is 915. The molecule has 7 nitrogen and oxygen atoms in total. The van der Waals surface area contributed by atoms with Crippen LogP contribution >= 0.6 is 11.6 Å². The number of nitrogens with zero attached hydrogens (tertiary/aromatic N) is 1. The molecule has 0 radical (unpaired) electrons. The predicted molar refractivity (Wildman–Crippen MR) is 95.7 cm³/mol. The molecule has 9 heteroatoms. The van der Waals surface area contributed by atoms with Crippen LogP contribution in [0.1, 0.15) is 11.1 Å². The van der Waals surface area contributed by atoms with E-state index in [4.69, 9.17) is 21.1 Å². The molecule has 138 valence electrons. The van der Waals surface area contributed by atoms with Crippen molar-refractivity contribution in [1.82, 2.24) is 9.71 Å². The number of aromatic nitrogens is 1. The van der Waals surface area contributed by atoms with E-state index in [1.54, 1.807) is 25.3 Å². The lowest BCUT2D eigenvalue weighted by molar-refractivity contribution is -0.124. The van der Waals surface area contributed by atoms with Crippen molar-refractivity contribution in [3.63, 3.8) is 0 Å². The van der Waals surface area contributed by atoms with Crippen LogP contribution in [0.25, 0.3) is 0 Å². The Kier molecular flexibility index (Phi) is 5.33. The van der Waals surface area contributed by atoms with Gasteiger partial charge in [0.1, 0.15) is 23.3 Å². The molecule has 0 aliphatic carbocycles. The van der Waals surface area contributed by atoms with Gasteiger partial charge in [0.25, 0.3) is 0 Å². The molecule has 0 unspecified atom stereocenters. The number of methoxy groups -OCH3 is 1. The Labute approximate surface area is 156 Å². The summed E-state index contributed by atoms with van der Waals surface area (Å²) in [7, 11) is -2.28. The monoisotopic (exact) mass is 396 g/mol. The van der Waals surface area contributed by atoms with Crippen LogP contribution in [0.5, 0.6) is 11.5 Å². The van der Waals surface area contributed by atoms with Gasteiger partial charge in [0.2, 0.25) is 15.9 Å². The van der Waals surface area contributed by atoms with Crippen LogP contribution in [-0.4, -0.2) is 33.0 Å². The molecule has 1 N–H and O–H groups in total. The fraction of sp³-hybridized carbons (Fsp3) is 0.294. The smallest absolute Gasteiger partial charge is 0.240 e. The molecule has 1 amide bonds. The van der Waals surface area contributed by atoms with Gasteiger partial charge in [0.05, 0.1) is 18.8 Å². The zero-order chi connectivity index (χ0) is 18.7. The summed E-state index contributed by atoms with van der Waals surface area (Å²) < 4.78 is 37.3. The Balaban J connectivity index is 1.65. The van der Waals surface area contributed by atoms with Crippen LogP contribution in [0.2, 0.25) is 5.15 Å². The maximum atomic E-state index is 12.4. The van der Waals surface area contributed by atoms with Crippen LogP contribution in [0.15, 0.2) is 36.5 Å². The van der Waals surface area contributed by atoms with Gasteiger partial charge in [-0.05, 0) is 29.7 Å². The van der Waals surface area contributed by atoms with Gasteiger partial charge in [-0.3, -0.25) is 9.52 Å². The number of ether oxygens (including phenoxy) is 2. The number of halogens is 1. The van der Waals surface area contributed by atoms with Crippen molar-refractivity contribution in [1.29, 1.82) is 0 Å². The average Bonchev–Trinajstić information content (AvgIpc) is 2.62. The van der Waals surface area contributed by atoms with Crippen LogP contribution < -0.4 is 14.2 Å². The highest BCUT2D eigenvalue weighted by Gasteiger charge is 2.29. The highest BCUT2D eigenvalue weighted by molar-refractivity contribution is 7.89. The van der Waals surface area contributed by atoms with E-state index >= 15 is 0 Å². The lowest BCUT2D eigenvalue weighted by atomic mass is 9.96. The maximum Gasteiger partial charge on any atom is 0.240 e. The summed E-state index contributed by atoms with van der Waals surface area (Å²) >= 11 is 5.68. The van der Waals surface area contributed by atoms with Crippen molar-refractivity contribution >= 4 is 27.5 Å². The molecule has 2 aromatic rings. The molecule has 0 bridgehead atoms. The van der Waals surface area contributed by atoms with Gasteiger partial charge in [-0.1, -0.05) is 23.7 Å². The minimum Gasteiger partial charge on any atom is -0.497 e. The molecule has 1 atom stereocenters. The number of hydrogen-bond donors (Lipinski definition) is 1. The second-order valence-corrected chi connectivity index (χ2v) is 8.01. The van der Waals surface area contributed by atoms with E-state index < -0.39 is 21.8 Å². The average molecular weight is 397 g/mol. The third-order valence-electron chi connectivity index (χ3n) is 3.95. The van der Waals surface area contributed by atoms with Crippen LogP contribution in [0.3, 0.4) is 0 Å². The van der Waals surface area contributed by atoms with E-state index in [-0.39, 0.29) is 17.5 Å². The van der Waals surface area contributed by atoms with Crippen LogP contribution in [0, 0.1) is 5.92 Å². The first-order chi connectivity index (χ1) is 12.4. The first-order valence-corrected chi connectivity index (χ1v) is 9.84. The molecule has 1 aliphatic rings. The Morgan fingerprint density at radius 1 is 1.38 bits per heavy atom. The molecular formula is C17H17ClN2O5S. The van der Waals surface area contributed by atoms with Crippen molar-refractivity contribution in [2.24, 2.45) is 5.92 Å². The topological polar surface area (TPSA) is 94.6 Å². The minimum atomic E-state index is -3.84. The summed E-state index contributed by atoms with van der Waals surface area (Å²) in [6.07, 6.45) is 1.75. The number of pyridine rings is 1. The molecule has 0 spiro atoms. The van der Waals surface area contributed by atoms with Crippen molar-refractivity contribution in [2.45, 2.75) is 12.2 Å². The molecule has 26 heavy (non-hydrogen) atoms. The zero-order valence-corrected chi connectivity index (χ0v) is 15.5. The van der Waals surface area contributed by atoms with Gasteiger partial charge in [0.15, 0.2) is 0 Å². The minimum absolute atomic E-state index is 0.101. The number of sulfonamides is 1. The van der Waals surface area contributed by atoms with Gasteiger partial charge >= 0.3 is 0 Å². The Morgan fingerprint density at radius 3 is 2.88 bits per heavy atom. The lowest BCUT2D eigenvalue weighted by Crippen LogP contribution is -2.40. The van der Waals surface area contributed by atoms with Gasteiger partial charge in [0, 0.05) is 12.3 Å². The number of carbonyl (C=O) groups excluding carboxylic acids is 1. The van der Waals surface area contributed by atoms with E-state index in [9.17, 15) is 13.2 Å². The fourth-order valence-electron chi connectivity index (χ4n) is 2.63. The molecule has 0 saturated heterocycles. The van der Waals surface area contributed by atoms with E-state index in [0.29, 0.717) is 23.5 Å². The summed E-state index contributed by atoms with van der Waals surface area (Å²) in [5, 5.41) is 0.268. The van der Waals surface area contributed by atoms with Crippen LogP contribution in [-0.2, 0) is 27.0 Å². The number of rotatable bonds is 5. The summed E-state index contributed by atoms with van der Waals surface area (Å²) in [6, 6.07) is 8.36. The number of amides is 1. The highest BCUT2D eigenvalue weighted by Crippen LogP contribution is 2.31. The SMILES string of the molecule is COc1ccc2c(c1)OC[C@@H](C(=O)NS(=O)(=O)Cc1ccc(Cl)nc1)C2. The lowest BCUT2D eigenvalue weighted by Gasteiger charge is -2.24. The molecule has 1 aromatic carbocycles. The first-order valence-electron chi connectivity index (χ1n) is 7.81. The van der Waals surface area contributed by atoms with Gasteiger partial charge < -0.3 is 9.47 Å². The first kappa shape index (κ1) is 18.5. The number of carbonyl (C=O) groups is 1. The summed E-state index contributed by atoms with van der Waals surface area (Å²) in [4.78, 5) is 16.2. The zero-order valence-electron chi connectivity index (χ0n) is 13.9. The Morgan fingerprint density at radius 2 is 2.19 bits per heavy atom. The van der Waals surface area contributed by atoms with Crippen molar-refractivity contribution in [3.05, 3.63) is 52.8 Å². The van der Waals surface area contributed by atoms with E-state index in [1.807, 2.05) is 6.07 Å². The quantitative estimate of drug-likeness (QED) is 0.776. The van der Waals surface area contributed by atoms with Gasteiger partial charge in [-0.25, -0.2) is 13.4 Å². The fourth-order valence-corrected chi connectivity index (χ4v) is 3.90. The predicted octanol–water partition coefficient (Wildman–Crippen LogP) is 1.94. The normalized spacial score (nSPS) is 16.3. The van der Waals surface area contributed by atoms with Gasteiger partial charge in [-0.2, -0.15) is 0 Å². The van der Waals surface area contributed by atoms with Crippen molar-refractivity contribution < 1.29 is 22.7 Å². The molecule has 1 aliphatic heterocycles. The summed E-state index contributed by atoms with van der Waals surface area (Å²) in [5.41, 5.74) is 1.27. The van der Waals surface area contributed by atoms with E-state index in [0.717, 1.165) is 5.56 Å². The molecule has 1 aromatic heterocycles. The standard InChI is InChI=1S/C17H17ClN2O5S/c1-24-14-4-3-12-6-13(9-25-15(12)7-14)17(21)20-26(22,23)10-11-2-5-16(18)19-8-11/h2-5,7-8,13H,6,9-10H2,1H3,(H,20,21)/t13-/m0/s1. The second-order valence-electron chi connectivity index (χ2n) is 5.90. The summed E-state index contributed by atoms with van der Waals surface area (Å²) in [6.45, 7) is 0.101.